The summed E-state index contributed by atoms with van der Waals surface area (Å²) in [6, 6.07) is 7.25. The van der Waals surface area contributed by atoms with E-state index in [0.717, 1.165) is 83.8 Å². The highest BCUT2D eigenvalue weighted by molar-refractivity contribution is 7.98. The zero-order chi connectivity index (χ0) is 37.9. The van der Waals surface area contributed by atoms with Gasteiger partial charge in [-0.25, -0.2) is 14.4 Å². The molecule has 4 heterocycles. The smallest absolute Gasteiger partial charge is 0.189 e. The molecule has 11 heteroatoms. The van der Waals surface area contributed by atoms with E-state index in [1.807, 2.05) is 24.5 Å². The van der Waals surface area contributed by atoms with Crippen LogP contribution in [0.15, 0.2) is 29.4 Å². The van der Waals surface area contributed by atoms with Gasteiger partial charge >= 0.3 is 0 Å². The van der Waals surface area contributed by atoms with E-state index in [1.165, 1.54) is 6.07 Å². The molecule has 3 aliphatic rings. The van der Waals surface area contributed by atoms with Gasteiger partial charge in [-0.3, -0.25) is 0 Å². The first kappa shape index (κ1) is 40.0. The zero-order valence-electron chi connectivity index (χ0n) is 33.1. The number of aromatic nitrogens is 2. The Hall–Kier alpha value is -2.72. The van der Waals surface area contributed by atoms with Gasteiger partial charge < -0.3 is 28.6 Å². The van der Waals surface area contributed by atoms with Crippen molar-refractivity contribution in [3.63, 3.8) is 0 Å². The van der Waals surface area contributed by atoms with Crippen LogP contribution in [0.1, 0.15) is 109 Å². The maximum absolute atomic E-state index is 16.1. The molecule has 53 heavy (non-hydrogen) atoms. The van der Waals surface area contributed by atoms with E-state index in [1.54, 1.807) is 18.9 Å². The van der Waals surface area contributed by atoms with E-state index in [2.05, 4.69) is 64.8 Å². The molecule has 2 aromatic carbocycles. The molecule has 2 fully saturated rings. The summed E-state index contributed by atoms with van der Waals surface area (Å²) in [4.78, 5) is 12.5. The summed E-state index contributed by atoms with van der Waals surface area (Å²) in [5.41, 5.74) is 7.90. The minimum absolute atomic E-state index is 0.0947. The molecular weight excluding hydrogens is 706 g/mol. The fourth-order valence-electron chi connectivity index (χ4n) is 9.02. The van der Waals surface area contributed by atoms with Gasteiger partial charge in [0.15, 0.2) is 18.2 Å². The summed E-state index contributed by atoms with van der Waals surface area (Å²) in [7, 11) is -0.551. The predicted molar refractivity (Wildman–Crippen MR) is 214 cm³/mol. The van der Waals surface area contributed by atoms with Crippen molar-refractivity contribution in [3.05, 3.63) is 52.5 Å². The first-order chi connectivity index (χ1) is 25.4. The third kappa shape index (κ3) is 8.43. The monoisotopic (exact) mass is 763 g/mol. The van der Waals surface area contributed by atoms with Crippen LogP contribution in [0.25, 0.3) is 10.8 Å². The topological polar surface area (TPSA) is 75.2 Å². The number of methoxy groups -OCH3 is 1. The molecule has 3 aromatic rings. The van der Waals surface area contributed by atoms with Crippen LogP contribution in [0, 0.1) is 17.3 Å². The van der Waals surface area contributed by atoms with E-state index in [-0.39, 0.29) is 24.5 Å². The second-order valence-corrected chi connectivity index (χ2v) is 22.4. The van der Waals surface area contributed by atoms with Gasteiger partial charge in [0.2, 0.25) is 0 Å². The fourth-order valence-corrected chi connectivity index (χ4v) is 14.6. The van der Waals surface area contributed by atoms with Crippen LogP contribution in [0.5, 0.6) is 5.75 Å². The van der Waals surface area contributed by atoms with E-state index in [9.17, 15) is 0 Å². The standard InChI is InChI=1S/C42H58FN3O5SSi/c1-27(2)53(28(3)4,29(5)6)20-16-32-35(43)15-14-30-21-31(50-26-47-8)22-33(39(30)32)37-23-36-34(24-49-37)40(45-41(44-36)52-9)46-18-12-17-42(7,25-46)51-38-13-10-11-19-48-38/h14-15,21-22,27-29,37-38H,10-13,17-19,23-26H2,1-9H3. The predicted octanol–water partition coefficient (Wildman–Crippen LogP) is 9.76. The Balaban J connectivity index is 1.41. The third-order valence-corrected chi connectivity index (χ3v) is 18.4. The quantitative estimate of drug-likeness (QED) is 0.0624. The largest absolute Gasteiger partial charge is 0.468 e. The van der Waals surface area contributed by atoms with Crippen LogP contribution < -0.4 is 9.64 Å². The first-order valence-corrected chi connectivity index (χ1v) is 22.9. The van der Waals surface area contributed by atoms with Crippen LogP contribution >= 0.6 is 11.8 Å². The molecule has 3 atom stereocenters. The number of thioether (sulfide) groups is 1. The van der Waals surface area contributed by atoms with E-state index < -0.39 is 14.2 Å². The van der Waals surface area contributed by atoms with E-state index in [4.69, 9.17) is 33.7 Å². The number of ether oxygens (including phenoxy) is 5. The Morgan fingerprint density at radius 1 is 1.06 bits per heavy atom. The summed E-state index contributed by atoms with van der Waals surface area (Å²) in [6.45, 7) is 18.6. The van der Waals surface area contributed by atoms with Gasteiger partial charge in [-0.1, -0.05) is 65.3 Å². The lowest BCUT2D eigenvalue weighted by Gasteiger charge is -2.44. The van der Waals surface area contributed by atoms with Gasteiger partial charge in [0, 0.05) is 44.2 Å². The Bertz CT molecular complexity index is 1800. The molecule has 0 spiro atoms. The Morgan fingerprint density at radius 2 is 1.83 bits per heavy atom. The second-order valence-electron chi connectivity index (χ2n) is 16.1. The normalized spacial score (nSPS) is 22.3. The number of piperidine rings is 1. The van der Waals surface area contributed by atoms with Crippen LogP contribution in [0.2, 0.25) is 16.6 Å². The number of halogens is 1. The summed E-state index contributed by atoms with van der Waals surface area (Å²) >= 11 is 1.54. The summed E-state index contributed by atoms with van der Waals surface area (Å²) < 4.78 is 46.8. The summed E-state index contributed by atoms with van der Waals surface area (Å²) in [5.74, 6) is 4.69. The maximum atomic E-state index is 16.1. The van der Waals surface area contributed by atoms with Gasteiger partial charge in [-0.15, -0.1) is 5.54 Å². The van der Waals surface area contributed by atoms with Crippen molar-refractivity contribution in [2.75, 3.05) is 44.8 Å². The molecule has 0 N–H and O–H groups in total. The summed E-state index contributed by atoms with van der Waals surface area (Å²) in [6.07, 6.45) is 7.07. The number of fused-ring (bicyclic) bond motifs is 2. The molecular formula is C42H58FN3O5SSi. The van der Waals surface area contributed by atoms with Gasteiger partial charge in [0.25, 0.3) is 0 Å². The highest BCUT2D eigenvalue weighted by Gasteiger charge is 2.42. The highest BCUT2D eigenvalue weighted by atomic mass is 32.2. The number of benzene rings is 2. The van der Waals surface area contributed by atoms with Gasteiger partial charge in [0.05, 0.1) is 29.6 Å². The molecule has 0 radical (unpaired) electrons. The molecule has 0 bridgehead atoms. The average molecular weight is 764 g/mol. The van der Waals surface area contributed by atoms with Crippen molar-refractivity contribution in [1.82, 2.24) is 9.97 Å². The summed E-state index contributed by atoms with van der Waals surface area (Å²) in [5, 5.41) is 2.34. The Labute approximate surface area is 321 Å². The van der Waals surface area contributed by atoms with Crippen molar-refractivity contribution in [3.8, 4) is 17.2 Å². The van der Waals surface area contributed by atoms with Crippen molar-refractivity contribution in [2.45, 2.75) is 133 Å². The van der Waals surface area contributed by atoms with Crippen molar-refractivity contribution in [2.24, 2.45) is 0 Å². The molecule has 6 rings (SSSR count). The second kappa shape index (κ2) is 17.0. The van der Waals surface area contributed by atoms with Crippen molar-refractivity contribution >= 4 is 36.4 Å². The van der Waals surface area contributed by atoms with Crippen LogP contribution in [-0.4, -0.2) is 69.8 Å². The first-order valence-electron chi connectivity index (χ1n) is 19.4. The SMILES string of the molecule is COCOc1cc(C2Cc3nc(SC)nc(N4CCCC(C)(OC5CCCCO5)C4)c3CO2)c2c(C#C[Si](C(C)C)(C(C)C)C(C)C)c(F)ccc2c1. The molecule has 0 aliphatic carbocycles. The zero-order valence-corrected chi connectivity index (χ0v) is 35.0. The van der Waals surface area contributed by atoms with E-state index >= 15 is 4.39 Å². The molecule has 2 saturated heterocycles. The molecule has 0 saturated carbocycles. The molecule has 288 valence electrons. The minimum Gasteiger partial charge on any atom is -0.468 e. The van der Waals surface area contributed by atoms with Crippen molar-refractivity contribution < 1.29 is 28.1 Å². The van der Waals surface area contributed by atoms with E-state index in [0.29, 0.717) is 47.5 Å². The van der Waals surface area contributed by atoms with Crippen LogP contribution in [0.4, 0.5) is 10.2 Å². The lowest BCUT2D eigenvalue weighted by molar-refractivity contribution is -0.221. The number of anilines is 1. The third-order valence-electron chi connectivity index (χ3n) is 11.6. The van der Waals surface area contributed by atoms with Gasteiger partial charge in [0.1, 0.15) is 25.5 Å². The van der Waals surface area contributed by atoms with Gasteiger partial charge in [-0.2, -0.15) is 0 Å². The highest BCUT2D eigenvalue weighted by Crippen LogP contribution is 2.43. The lowest BCUT2D eigenvalue weighted by atomic mass is 9.91. The average Bonchev–Trinajstić information content (AvgIpc) is 3.13. The molecule has 1 aromatic heterocycles. The van der Waals surface area contributed by atoms with Crippen LogP contribution in [0.3, 0.4) is 0 Å². The molecule has 3 aliphatic heterocycles. The maximum Gasteiger partial charge on any atom is 0.189 e. The molecule has 0 amide bonds. The Kier molecular flexibility index (Phi) is 12.8. The minimum atomic E-state index is -2.15. The lowest BCUT2D eigenvalue weighted by Crippen LogP contribution is -2.51. The van der Waals surface area contributed by atoms with Crippen molar-refractivity contribution in [1.29, 1.82) is 0 Å². The Morgan fingerprint density at radius 3 is 2.51 bits per heavy atom. The van der Waals surface area contributed by atoms with Gasteiger partial charge in [-0.05, 0) is 91.1 Å². The number of hydrogen-bond donors (Lipinski definition) is 0. The van der Waals surface area contributed by atoms with Crippen LogP contribution in [-0.2, 0) is 32.0 Å². The molecule has 8 nitrogen and oxygen atoms in total. The fraction of sp³-hybridized carbons (Fsp3) is 0.619. The molecule has 3 unspecified atom stereocenters. The number of rotatable bonds is 11. The number of nitrogens with zero attached hydrogens (tertiary/aromatic N) is 3. The number of hydrogen-bond acceptors (Lipinski definition) is 9.